The van der Waals surface area contributed by atoms with Crippen LogP contribution in [0.25, 0.3) is 0 Å². The zero-order valence-electron chi connectivity index (χ0n) is 15.5. The smallest absolute Gasteiger partial charge is 0.191 e. The largest absolute Gasteiger partial charge is 0.493 e. The first-order chi connectivity index (χ1) is 12.3. The number of hydrogen-bond donors (Lipinski definition) is 2. The van der Waals surface area contributed by atoms with Crippen LogP contribution in [0.2, 0.25) is 0 Å². The number of methoxy groups -OCH3 is 1. The van der Waals surface area contributed by atoms with Crippen molar-refractivity contribution in [2.75, 3.05) is 40.5 Å². The summed E-state index contributed by atoms with van der Waals surface area (Å²) >= 11 is 0. The minimum absolute atomic E-state index is 0.388. The van der Waals surface area contributed by atoms with E-state index in [4.69, 9.17) is 9.47 Å². The number of fused-ring (bicyclic) bond motifs is 1. The molecule has 1 saturated carbocycles. The number of guanidine groups is 1. The molecule has 0 aromatic heterocycles. The molecule has 3 rings (SSSR count). The molecular formula is C20H31N3O2. The van der Waals surface area contributed by atoms with Gasteiger partial charge in [0.1, 0.15) is 5.75 Å². The van der Waals surface area contributed by atoms with Gasteiger partial charge in [0.15, 0.2) is 5.96 Å². The molecule has 138 valence electrons. The van der Waals surface area contributed by atoms with Crippen LogP contribution >= 0.6 is 0 Å². The van der Waals surface area contributed by atoms with Crippen LogP contribution in [0.5, 0.6) is 5.75 Å². The van der Waals surface area contributed by atoms with Crippen LogP contribution in [-0.2, 0) is 4.74 Å². The molecule has 1 heterocycles. The molecule has 0 amide bonds. The van der Waals surface area contributed by atoms with Crippen molar-refractivity contribution < 1.29 is 9.47 Å². The van der Waals surface area contributed by atoms with E-state index in [0.717, 1.165) is 50.9 Å². The van der Waals surface area contributed by atoms with Crippen LogP contribution in [0.15, 0.2) is 29.3 Å². The van der Waals surface area contributed by atoms with Crippen molar-refractivity contribution >= 4 is 5.96 Å². The van der Waals surface area contributed by atoms with E-state index in [-0.39, 0.29) is 0 Å². The van der Waals surface area contributed by atoms with Crippen LogP contribution in [0.4, 0.5) is 0 Å². The van der Waals surface area contributed by atoms with Gasteiger partial charge in [-0.1, -0.05) is 24.6 Å². The van der Waals surface area contributed by atoms with E-state index in [2.05, 4.69) is 33.8 Å². The van der Waals surface area contributed by atoms with Crippen molar-refractivity contribution in [3.63, 3.8) is 0 Å². The Morgan fingerprint density at radius 3 is 2.88 bits per heavy atom. The number of benzene rings is 1. The molecule has 5 nitrogen and oxygen atoms in total. The lowest BCUT2D eigenvalue weighted by Crippen LogP contribution is -2.47. The molecule has 1 aliphatic heterocycles. The van der Waals surface area contributed by atoms with Gasteiger partial charge < -0.3 is 20.1 Å². The first-order valence-corrected chi connectivity index (χ1v) is 9.41. The maximum absolute atomic E-state index is 5.75. The average molecular weight is 345 g/mol. The molecule has 1 aromatic rings. The number of nitrogens with zero attached hydrogens (tertiary/aromatic N) is 1. The van der Waals surface area contributed by atoms with Crippen molar-refractivity contribution in [3.8, 4) is 5.75 Å². The van der Waals surface area contributed by atoms with Gasteiger partial charge in [-0.3, -0.25) is 4.99 Å². The molecule has 2 N–H and O–H groups in total. The van der Waals surface area contributed by atoms with Crippen molar-refractivity contribution in [1.82, 2.24) is 10.6 Å². The predicted octanol–water partition coefficient (Wildman–Crippen LogP) is 2.92. The molecule has 25 heavy (non-hydrogen) atoms. The van der Waals surface area contributed by atoms with Gasteiger partial charge in [-0.2, -0.15) is 0 Å². The number of rotatable bonds is 7. The van der Waals surface area contributed by atoms with Crippen molar-refractivity contribution in [1.29, 1.82) is 0 Å². The highest BCUT2D eigenvalue weighted by atomic mass is 16.5. The molecule has 1 unspecified atom stereocenters. The lowest BCUT2D eigenvalue weighted by molar-refractivity contribution is 0.0732. The number of nitrogens with one attached hydrogen (secondary N) is 2. The summed E-state index contributed by atoms with van der Waals surface area (Å²) in [6.07, 6.45) is 6.07. The predicted molar refractivity (Wildman–Crippen MR) is 101 cm³/mol. The second-order valence-corrected chi connectivity index (χ2v) is 7.27. The van der Waals surface area contributed by atoms with Crippen molar-refractivity contribution in [2.45, 2.75) is 38.0 Å². The van der Waals surface area contributed by atoms with Crippen LogP contribution in [-0.4, -0.2) is 46.4 Å². The highest BCUT2D eigenvalue weighted by molar-refractivity contribution is 5.79. The summed E-state index contributed by atoms with van der Waals surface area (Å²) in [5.74, 6) is 2.39. The van der Waals surface area contributed by atoms with E-state index in [1.807, 2.05) is 13.1 Å². The Morgan fingerprint density at radius 2 is 2.16 bits per heavy atom. The van der Waals surface area contributed by atoms with Gasteiger partial charge in [0.05, 0.1) is 6.61 Å². The van der Waals surface area contributed by atoms with Gasteiger partial charge in [0, 0.05) is 39.8 Å². The van der Waals surface area contributed by atoms with E-state index >= 15 is 0 Å². The quantitative estimate of drug-likeness (QED) is 0.589. The molecule has 0 spiro atoms. The summed E-state index contributed by atoms with van der Waals surface area (Å²) in [5.41, 5.74) is 1.69. The fraction of sp³-hybridized carbons (Fsp3) is 0.650. The van der Waals surface area contributed by atoms with Crippen molar-refractivity contribution in [2.24, 2.45) is 10.4 Å². The molecular weight excluding hydrogens is 314 g/mol. The highest BCUT2D eigenvalue weighted by Gasteiger charge is 2.36. The Kier molecular flexibility index (Phi) is 6.19. The Bertz CT molecular complexity index is 584. The fourth-order valence-corrected chi connectivity index (χ4v) is 3.85. The van der Waals surface area contributed by atoms with Crippen LogP contribution < -0.4 is 15.4 Å². The molecule has 5 heteroatoms. The first kappa shape index (κ1) is 18.1. The molecule has 1 atom stereocenters. The molecule has 0 saturated heterocycles. The van der Waals surface area contributed by atoms with E-state index in [1.165, 1.54) is 24.8 Å². The Hall–Kier alpha value is -1.75. The maximum Gasteiger partial charge on any atom is 0.191 e. The second-order valence-electron chi connectivity index (χ2n) is 7.27. The van der Waals surface area contributed by atoms with Crippen LogP contribution in [0, 0.1) is 5.41 Å². The topological polar surface area (TPSA) is 54.9 Å². The summed E-state index contributed by atoms with van der Waals surface area (Å²) in [6.45, 7) is 3.48. The third kappa shape index (κ3) is 4.46. The normalized spacial score (nSPS) is 21.7. The summed E-state index contributed by atoms with van der Waals surface area (Å²) in [4.78, 5) is 4.40. The Balaban J connectivity index is 1.50. The average Bonchev–Trinajstić information content (AvgIpc) is 2.63. The van der Waals surface area contributed by atoms with Gasteiger partial charge in [0.25, 0.3) is 0 Å². The first-order valence-electron chi connectivity index (χ1n) is 9.41. The number of aliphatic imine (C=N–C) groups is 1. The second kappa shape index (κ2) is 8.56. The SMILES string of the molecule is CN=C(NCC1CCOc2ccccc21)NCC1(CCOC)CCC1. The van der Waals surface area contributed by atoms with Crippen molar-refractivity contribution in [3.05, 3.63) is 29.8 Å². The number of para-hydroxylation sites is 1. The molecule has 1 aliphatic carbocycles. The van der Waals surface area contributed by atoms with E-state index < -0.39 is 0 Å². The Morgan fingerprint density at radius 1 is 1.32 bits per heavy atom. The van der Waals surface area contributed by atoms with Gasteiger partial charge in [-0.25, -0.2) is 0 Å². The third-order valence-electron chi connectivity index (χ3n) is 5.70. The van der Waals surface area contributed by atoms with Gasteiger partial charge >= 0.3 is 0 Å². The van der Waals surface area contributed by atoms with E-state index in [0.29, 0.717) is 11.3 Å². The molecule has 0 bridgehead atoms. The summed E-state index contributed by atoms with van der Waals surface area (Å²) in [6, 6.07) is 8.35. The van der Waals surface area contributed by atoms with Crippen LogP contribution in [0.1, 0.15) is 43.6 Å². The zero-order valence-corrected chi connectivity index (χ0v) is 15.5. The minimum Gasteiger partial charge on any atom is -0.493 e. The number of ether oxygens (including phenoxy) is 2. The zero-order chi connectivity index (χ0) is 17.5. The molecule has 0 radical (unpaired) electrons. The monoisotopic (exact) mass is 345 g/mol. The third-order valence-corrected chi connectivity index (χ3v) is 5.70. The lowest BCUT2D eigenvalue weighted by Gasteiger charge is -2.42. The molecule has 2 aliphatic rings. The highest BCUT2D eigenvalue weighted by Crippen LogP contribution is 2.43. The summed E-state index contributed by atoms with van der Waals surface area (Å²) in [7, 11) is 3.63. The van der Waals surface area contributed by atoms with Crippen LogP contribution in [0.3, 0.4) is 0 Å². The summed E-state index contributed by atoms with van der Waals surface area (Å²) < 4.78 is 11.0. The molecule has 1 aromatic carbocycles. The van der Waals surface area contributed by atoms with Gasteiger partial charge in [-0.15, -0.1) is 0 Å². The van der Waals surface area contributed by atoms with Gasteiger partial charge in [0.2, 0.25) is 0 Å². The maximum atomic E-state index is 5.75. The standard InChI is InChI=1S/C20H31N3O2/c1-21-19(23-15-20(9-5-10-20)11-13-24-2)22-14-16-8-12-25-18-7-4-3-6-17(16)18/h3-4,6-7,16H,5,8-15H2,1-2H3,(H2,21,22,23). The number of hydrogen-bond acceptors (Lipinski definition) is 3. The van der Waals surface area contributed by atoms with E-state index in [9.17, 15) is 0 Å². The Labute approximate surface area is 151 Å². The minimum atomic E-state index is 0.388. The summed E-state index contributed by atoms with van der Waals surface area (Å²) in [5, 5.41) is 7.05. The molecule has 1 fully saturated rings. The van der Waals surface area contributed by atoms with Gasteiger partial charge in [-0.05, 0) is 42.7 Å². The fourth-order valence-electron chi connectivity index (χ4n) is 3.85. The lowest BCUT2D eigenvalue weighted by atomic mass is 9.67. The van der Waals surface area contributed by atoms with E-state index in [1.54, 1.807) is 7.11 Å².